The number of carbonyl (C=O) groups is 1. The summed E-state index contributed by atoms with van der Waals surface area (Å²) in [6.45, 7) is 1.46. The van der Waals surface area contributed by atoms with Gasteiger partial charge in [-0.05, 0) is 45.3 Å². The van der Waals surface area contributed by atoms with Crippen molar-refractivity contribution in [3.63, 3.8) is 0 Å². The first-order chi connectivity index (χ1) is 10.1. The number of nitrogens with one attached hydrogen (secondary N) is 2. The highest BCUT2D eigenvalue weighted by atomic mass is 79.9. The van der Waals surface area contributed by atoms with Gasteiger partial charge in [0.1, 0.15) is 0 Å². The molecule has 2 aromatic carbocycles. The highest BCUT2D eigenvalue weighted by Crippen LogP contribution is 2.28. The quantitative estimate of drug-likeness (QED) is 0.846. The predicted octanol–water partition coefficient (Wildman–Crippen LogP) is 3.93. The molecule has 2 N–H and O–H groups in total. The minimum Gasteiger partial charge on any atom is -0.325 e. The van der Waals surface area contributed by atoms with Crippen LogP contribution >= 0.6 is 27.5 Å². The Kier molecular flexibility index (Phi) is 4.29. The average Bonchev–Trinajstić information content (AvgIpc) is 2.50. The summed E-state index contributed by atoms with van der Waals surface area (Å²) in [7, 11) is 0. The number of benzene rings is 2. The molecule has 0 fully saturated rings. The maximum Gasteiger partial charge on any atom is 0.233 e. The molecule has 0 saturated carbocycles. The molecule has 21 heavy (non-hydrogen) atoms. The van der Waals surface area contributed by atoms with Crippen LogP contribution in [0.25, 0.3) is 0 Å². The molecule has 3 rings (SSSR count). The lowest BCUT2D eigenvalue weighted by atomic mass is 9.90. The van der Waals surface area contributed by atoms with Crippen LogP contribution in [0.2, 0.25) is 5.02 Å². The Morgan fingerprint density at radius 1 is 1.29 bits per heavy atom. The molecular weight excluding hydrogens is 352 g/mol. The zero-order valence-corrected chi connectivity index (χ0v) is 13.5. The van der Waals surface area contributed by atoms with E-state index in [1.165, 1.54) is 5.56 Å². The van der Waals surface area contributed by atoms with Gasteiger partial charge in [0.05, 0.1) is 10.9 Å². The van der Waals surface area contributed by atoms with Crippen LogP contribution in [0.1, 0.15) is 17.0 Å². The van der Waals surface area contributed by atoms with E-state index in [0.29, 0.717) is 11.6 Å². The maximum absolute atomic E-state index is 12.5. The van der Waals surface area contributed by atoms with E-state index in [-0.39, 0.29) is 11.8 Å². The smallest absolute Gasteiger partial charge is 0.233 e. The van der Waals surface area contributed by atoms with Gasteiger partial charge in [0.15, 0.2) is 0 Å². The van der Waals surface area contributed by atoms with E-state index in [4.69, 9.17) is 11.6 Å². The second-order valence-corrected chi connectivity index (χ2v) is 6.26. The van der Waals surface area contributed by atoms with Crippen molar-refractivity contribution in [2.24, 2.45) is 0 Å². The summed E-state index contributed by atoms with van der Waals surface area (Å²) < 4.78 is 0.768. The lowest BCUT2D eigenvalue weighted by molar-refractivity contribution is -0.117. The van der Waals surface area contributed by atoms with E-state index >= 15 is 0 Å². The molecule has 1 aliphatic rings. The third-order valence-electron chi connectivity index (χ3n) is 3.60. The summed E-state index contributed by atoms with van der Waals surface area (Å²) in [6, 6.07) is 13.4. The van der Waals surface area contributed by atoms with E-state index < -0.39 is 0 Å². The first-order valence-electron chi connectivity index (χ1n) is 6.69. The summed E-state index contributed by atoms with van der Waals surface area (Å²) in [5, 5.41) is 6.86. The minimum atomic E-state index is -0.176. The van der Waals surface area contributed by atoms with Gasteiger partial charge < -0.3 is 10.6 Å². The van der Waals surface area contributed by atoms with Gasteiger partial charge in [-0.2, -0.15) is 0 Å². The van der Waals surface area contributed by atoms with Crippen molar-refractivity contribution in [2.45, 2.75) is 12.5 Å². The lowest BCUT2D eigenvalue weighted by Gasteiger charge is -2.25. The topological polar surface area (TPSA) is 41.1 Å². The number of hydrogen-bond acceptors (Lipinski definition) is 2. The maximum atomic E-state index is 12.5. The number of hydrogen-bond donors (Lipinski definition) is 2. The van der Waals surface area contributed by atoms with Gasteiger partial charge in [0, 0.05) is 23.2 Å². The number of rotatable bonds is 2. The fourth-order valence-electron chi connectivity index (χ4n) is 2.53. The summed E-state index contributed by atoms with van der Waals surface area (Å²) >= 11 is 9.33. The van der Waals surface area contributed by atoms with Crippen molar-refractivity contribution < 1.29 is 4.79 Å². The monoisotopic (exact) mass is 364 g/mol. The summed E-state index contributed by atoms with van der Waals surface area (Å²) in [5.41, 5.74) is 3.02. The molecule has 0 aliphatic carbocycles. The van der Waals surface area contributed by atoms with Crippen LogP contribution in [0, 0.1) is 0 Å². The summed E-state index contributed by atoms with van der Waals surface area (Å²) in [6.07, 6.45) is 0. The van der Waals surface area contributed by atoms with Crippen LogP contribution in [0.15, 0.2) is 46.9 Å². The van der Waals surface area contributed by atoms with Crippen LogP contribution < -0.4 is 10.6 Å². The van der Waals surface area contributed by atoms with Gasteiger partial charge in [-0.1, -0.05) is 35.9 Å². The molecule has 1 heterocycles. The van der Waals surface area contributed by atoms with Gasteiger partial charge in [0.25, 0.3) is 0 Å². The molecular formula is C16H14BrClN2O. The number of fused-ring (bicyclic) bond motifs is 1. The highest BCUT2D eigenvalue weighted by Gasteiger charge is 2.26. The standard InChI is InChI=1S/C16H14BrClN2O/c17-14-7-11(5-6-15(14)18)20-16(21)13-9-19-8-10-3-1-2-4-12(10)13/h1-7,13,19H,8-9H2,(H,20,21). The van der Waals surface area contributed by atoms with E-state index in [0.717, 1.165) is 22.3 Å². The Morgan fingerprint density at radius 3 is 2.90 bits per heavy atom. The number of amides is 1. The fraction of sp³-hybridized carbons (Fsp3) is 0.188. The van der Waals surface area contributed by atoms with Crippen molar-refractivity contribution >= 4 is 39.1 Å². The van der Waals surface area contributed by atoms with Crippen LogP contribution in [0.3, 0.4) is 0 Å². The van der Waals surface area contributed by atoms with Crippen LogP contribution in [0.4, 0.5) is 5.69 Å². The second kappa shape index (κ2) is 6.18. The van der Waals surface area contributed by atoms with Gasteiger partial charge >= 0.3 is 0 Å². The molecule has 108 valence electrons. The molecule has 1 amide bonds. The molecule has 2 aromatic rings. The Hall–Kier alpha value is -1.36. The van der Waals surface area contributed by atoms with Crippen molar-refractivity contribution in [2.75, 3.05) is 11.9 Å². The Balaban J connectivity index is 1.81. The van der Waals surface area contributed by atoms with Crippen LogP contribution in [-0.4, -0.2) is 12.5 Å². The molecule has 0 aromatic heterocycles. The largest absolute Gasteiger partial charge is 0.325 e. The number of anilines is 1. The first-order valence-corrected chi connectivity index (χ1v) is 7.86. The minimum absolute atomic E-state index is 0.0103. The normalized spacial score (nSPS) is 17.1. The van der Waals surface area contributed by atoms with E-state index in [9.17, 15) is 4.79 Å². The van der Waals surface area contributed by atoms with Crippen LogP contribution in [0.5, 0.6) is 0 Å². The molecule has 1 aliphatic heterocycles. The van der Waals surface area contributed by atoms with Crippen molar-refractivity contribution in [1.29, 1.82) is 0 Å². The fourth-order valence-corrected chi connectivity index (χ4v) is 3.03. The molecule has 5 heteroatoms. The van der Waals surface area contributed by atoms with E-state index in [1.807, 2.05) is 24.3 Å². The van der Waals surface area contributed by atoms with E-state index in [2.05, 4.69) is 32.6 Å². The van der Waals surface area contributed by atoms with Gasteiger partial charge in [-0.25, -0.2) is 0 Å². The molecule has 0 spiro atoms. The SMILES string of the molecule is O=C(Nc1ccc(Cl)c(Br)c1)C1CNCc2ccccc21. The zero-order chi connectivity index (χ0) is 14.8. The van der Waals surface area contributed by atoms with Gasteiger partial charge in [-0.3, -0.25) is 4.79 Å². The number of halogens is 2. The Bertz CT molecular complexity index is 690. The first kappa shape index (κ1) is 14.6. The van der Waals surface area contributed by atoms with Gasteiger partial charge in [-0.15, -0.1) is 0 Å². The third-order valence-corrected chi connectivity index (χ3v) is 4.81. The zero-order valence-electron chi connectivity index (χ0n) is 11.2. The Morgan fingerprint density at radius 2 is 2.10 bits per heavy atom. The Labute approximate surface area is 136 Å². The van der Waals surface area contributed by atoms with Crippen molar-refractivity contribution in [3.8, 4) is 0 Å². The lowest BCUT2D eigenvalue weighted by Crippen LogP contribution is -2.35. The van der Waals surface area contributed by atoms with Crippen LogP contribution in [-0.2, 0) is 11.3 Å². The number of carbonyl (C=O) groups excluding carboxylic acids is 1. The molecule has 0 radical (unpaired) electrons. The van der Waals surface area contributed by atoms with Gasteiger partial charge in [0.2, 0.25) is 5.91 Å². The molecule has 3 nitrogen and oxygen atoms in total. The highest BCUT2D eigenvalue weighted by molar-refractivity contribution is 9.10. The molecule has 0 bridgehead atoms. The average molecular weight is 366 g/mol. The third kappa shape index (κ3) is 3.12. The predicted molar refractivity (Wildman–Crippen MR) is 88.7 cm³/mol. The summed E-state index contributed by atoms with van der Waals surface area (Å²) in [5.74, 6) is -0.187. The second-order valence-electron chi connectivity index (χ2n) is 5.00. The van der Waals surface area contributed by atoms with E-state index in [1.54, 1.807) is 12.1 Å². The summed E-state index contributed by atoms with van der Waals surface area (Å²) in [4.78, 5) is 12.5. The molecule has 0 saturated heterocycles. The molecule has 1 atom stereocenters. The van der Waals surface area contributed by atoms with Crippen molar-refractivity contribution in [1.82, 2.24) is 5.32 Å². The van der Waals surface area contributed by atoms with Crippen molar-refractivity contribution in [3.05, 3.63) is 63.1 Å². The molecule has 1 unspecified atom stereocenters.